The molecule has 2 heterocycles. The molecule has 1 amide bonds. The van der Waals surface area contributed by atoms with Gasteiger partial charge in [-0.25, -0.2) is 0 Å². The molecule has 2 aromatic rings. The predicted molar refractivity (Wildman–Crippen MR) is 101 cm³/mol. The van der Waals surface area contributed by atoms with E-state index >= 15 is 0 Å². The summed E-state index contributed by atoms with van der Waals surface area (Å²) >= 11 is 0. The number of rotatable bonds is 6. The number of H-pyrrole nitrogens is 1. The number of hydrogen-bond acceptors (Lipinski definition) is 4. The number of ether oxygens (including phenoxy) is 1. The van der Waals surface area contributed by atoms with Crippen molar-refractivity contribution in [1.82, 2.24) is 14.8 Å². The molecule has 1 atom stereocenters. The molecule has 6 heteroatoms. The number of aryl methyl sites for hydroxylation is 1. The molecule has 1 aliphatic rings. The van der Waals surface area contributed by atoms with Crippen molar-refractivity contribution in [3.63, 3.8) is 0 Å². The van der Waals surface area contributed by atoms with Crippen molar-refractivity contribution in [2.45, 2.75) is 32.8 Å². The molecule has 3 rings (SSSR count). The molecule has 0 bridgehead atoms. The number of nitrogens with one attached hydrogen (secondary N) is 1. The van der Waals surface area contributed by atoms with Gasteiger partial charge < -0.3 is 19.5 Å². The number of aromatic amines is 1. The Balaban J connectivity index is 1.47. The van der Waals surface area contributed by atoms with Gasteiger partial charge in [-0.1, -0.05) is 25.1 Å². The van der Waals surface area contributed by atoms with Crippen molar-refractivity contribution in [3.8, 4) is 0 Å². The van der Waals surface area contributed by atoms with Crippen LogP contribution in [0.3, 0.4) is 0 Å². The van der Waals surface area contributed by atoms with Crippen molar-refractivity contribution in [1.29, 1.82) is 0 Å². The zero-order chi connectivity index (χ0) is 18.5. The second kappa shape index (κ2) is 8.36. The Bertz CT molecular complexity index is 763. The number of piperazine rings is 1. The highest BCUT2D eigenvalue weighted by Gasteiger charge is 2.26. The van der Waals surface area contributed by atoms with Crippen LogP contribution in [0, 0.1) is 0 Å². The highest BCUT2D eigenvalue weighted by atomic mass is 16.5. The summed E-state index contributed by atoms with van der Waals surface area (Å²) in [4.78, 5) is 31.9. The number of carbonyl (C=O) groups excluding carboxylic acids is 2. The number of aromatic nitrogens is 1. The monoisotopic (exact) mass is 357 g/mol. The first-order valence-electron chi connectivity index (χ1n) is 9.34. The van der Waals surface area contributed by atoms with Gasteiger partial charge in [0.2, 0.25) is 0 Å². The Morgan fingerprint density at radius 3 is 2.65 bits per heavy atom. The summed E-state index contributed by atoms with van der Waals surface area (Å²) in [6, 6.07) is 8.01. The van der Waals surface area contributed by atoms with E-state index in [2.05, 4.69) is 16.8 Å². The van der Waals surface area contributed by atoms with Gasteiger partial charge in [0, 0.05) is 49.7 Å². The van der Waals surface area contributed by atoms with E-state index in [9.17, 15) is 9.59 Å². The minimum Gasteiger partial charge on any atom is -0.453 e. The summed E-state index contributed by atoms with van der Waals surface area (Å²) in [6.07, 6.45) is 2.07. The van der Waals surface area contributed by atoms with Crippen LogP contribution in [0.5, 0.6) is 0 Å². The predicted octanol–water partition coefficient (Wildman–Crippen LogP) is 2.20. The standard InChI is InChI=1S/C20H27N3O3/c1-3-22-10-12-23(13-11-22)20(25)15(2)26-19(24)9-8-16-14-21-18-7-5-4-6-17(16)18/h4-7,14-15,21H,3,8-13H2,1-2H3/t15-/m1/s1. The third-order valence-corrected chi connectivity index (χ3v) is 5.06. The van der Waals surface area contributed by atoms with E-state index in [0.717, 1.165) is 36.1 Å². The van der Waals surface area contributed by atoms with Crippen molar-refractivity contribution in [2.24, 2.45) is 0 Å². The minimum absolute atomic E-state index is 0.0961. The molecule has 140 valence electrons. The molecule has 0 spiro atoms. The van der Waals surface area contributed by atoms with Crippen LogP contribution in [0.2, 0.25) is 0 Å². The third kappa shape index (κ3) is 4.25. The summed E-state index contributed by atoms with van der Waals surface area (Å²) in [5, 5.41) is 1.12. The summed E-state index contributed by atoms with van der Waals surface area (Å²) in [7, 11) is 0. The van der Waals surface area contributed by atoms with Gasteiger partial charge >= 0.3 is 5.97 Å². The highest BCUT2D eigenvalue weighted by Crippen LogP contribution is 2.19. The summed E-state index contributed by atoms with van der Waals surface area (Å²) in [6.45, 7) is 7.94. The Morgan fingerprint density at radius 2 is 1.92 bits per heavy atom. The normalized spacial score (nSPS) is 16.6. The number of likely N-dealkylation sites (N-methyl/N-ethyl adjacent to an activating group) is 1. The average Bonchev–Trinajstić information content (AvgIpc) is 3.09. The van der Waals surface area contributed by atoms with E-state index in [4.69, 9.17) is 4.74 Å². The molecule has 1 aliphatic heterocycles. The van der Waals surface area contributed by atoms with Crippen LogP contribution < -0.4 is 0 Å². The molecule has 1 saturated heterocycles. The molecule has 1 aromatic heterocycles. The summed E-state index contributed by atoms with van der Waals surface area (Å²) in [5.74, 6) is -0.426. The zero-order valence-corrected chi connectivity index (χ0v) is 15.5. The van der Waals surface area contributed by atoms with Gasteiger partial charge in [-0.3, -0.25) is 9.59 Å². The first kappa shape index (κ1) is 18.5. The molecule has 0 unspecified atom stereocenters. The van der Waals surface area contributed by atoms with Gasteiger partial charge in [0.1, 0.15) is 0 Å². The Labute approximate surface area is 154 Å². The number of benzene rings is 1. The molecule has 0 saturated carbocycles. The molecule has 0 radical (unpaired) electrons. The topological polar surface area (TPSA) is 65.6 Å². The minimum atomic E-state index is -0.723. The molecule has 0 aliphatic carbocycles. The van der Waals surface area contributed by atoms with E-state index in [1.54, 1.807) is 11.8 Å². The quantitative estimate of drug-likeness (QED) is 0.805. The smallest absolute Gasteiger partial charge is 0.306 e. The molecule has 1 aromatic carbocycles. The first-order chi connectivity index (χ1) is 12.6. The molecule has 6 nitrogen and oxygen atoms in total. The van der Waals surface area contributed by atoms with Crippen molar-refractivity contribution < 1.29 is 14.3 Å². The number of amides is 1. The Morgan fingerprint density at radius 1 is 1.19 bits per heavy atom. The van der Waals surface area contributed by atoms with E-state index in [0.29, 0.717) is 19.5 Å². The van der Waals surface area contributed by atoms with Crippen LogP contribution in [-0.2, 0) is 20.7 Å². The Hall–Kier alpha value is -2.34. The number of esters is 1. The van der Waals surface area contributed by atoms with Crippen LogP contribution in [0.25, 0.3) is 10.9 Å². The fourth-order valence-electron chi connectivity index (χ4n) is 3.42. The van der Waals surface area contributed by atoms with Gasteiger partial charge in [-0.2, -0.15) is 0 Å². The third-order valence-electron chi connectivity index (χ3n) is 5.06. The van der Waals surface area contributed by atoms with E-state index in [1.807, 2.05) is 30.5 Å². The van der Waals surface area contributed by atoms with E-state index < -0.39 is 6.10 Å². The van der Waals surface area contributed by atoms with Crippen molar-refractivity contribution >= 4 is 22.8 Å². The van der Waals surface area contributed by atoms with Crippen LogP contribution in [0.1, 0.15) is 25.8 Å². The fraction of sp³-hybridized carbons (Fsp3) is 0.500. The molecule has 1 fully saturated rings. The average molecular weight is 357 g/mol. The molecular weight excluding hydrogens is 330 g/mol. The lowest BCUT2D eigenvalue weighted by molar-refractivity contribution is -0.159. The molecule has 1 N–H and O–H groups in total. The van der Waals surface area contributed by atoms with E-state index in [-0.39, 0.29) is 18.3 Å². The van der Waals surface area contributed by atoms with Gasteiger partial charge in [-0.05, 0) is 31.5 Å². The lowest BCUT2D eigenvalue weighted by Crippen LogP contribution is -2.51. The zero-order valence-electron chi connectivity index (χ0n) is 15.5. The van der Waals surface area contributed by atoms with Gasteiger partial charge in [0.15, 0.2) is 6.10 Å². The Kier molecular flexibility index (Phi) is 5.93. The number of carbonyl (C=O) groups is 2. The summed E-state index contributed by atoms with van der Waals surface area (Å²) < 4.78 is 5.37. The lowest BCUT2D eigenvalue weighted by atomic mass is 10.1. The maximum atomic E-state index is 12.5. The highest BCUT2D eigenvalue weighted by molar-refractivity contribution is 5.85. The number of nitrogens with zero attached hydrogens (tertiary/aromatic N) is 2. The lowest BCUT2D eigenvalue weighted by Gasteiger charge is -2.35. The van der Waals surface area contributed by atoms with Gasteiger partial charge in [0.05, 0.1) is 0 Å². The first-order valence-corrected chi connectivity index (χ1v) is 9.34. The van der Waals surface area contributed by atoms with Crippen molar-refractivity contribution in [2.75, 3.05) is 32.7 Å². The maximum Gasteiger partial charge on any atom is 0.306 e. The molecular formula is C20H27N3O3. The number of fused-ring (bicyclic) bond motifs is 1. The maximum absolute atomic E-state index is 12.5. The fourth-order valence-corrected chi connectivity index (χ4v) is 3.42. The summed E-state index contributed by atoms with van der Waals surface area (Å²) in [5.41, 5.74) is 2.15. The largest absolute Gasteiger partial charge is 0.453 e. The SMILES string of the molecule is CCN1CCN(C(=O)[C@@H](C)OC(=O)CCc2c[nH]c3ccccc23)CC1. The van der Waals surface area contributed by atoms with Crippen LogP contribution in [0.15, 0.2) is 30.5 Å². The van der Waals surface area contributed by atoms with Gasteiger partial charge in [-0.15, -0.1) is 0 Å². The van der Waals surface area contributed by atoms with Crippen LogP contribution in [0.4, 0.5) is 0 Å². The number of para-hydroxylation sites is 1. The molecule has 26 heavy (non-hydrogen) atoms. The van der Waals surface area contributed by atoms with Crippen molar-refractivity contribution in [3.05, 3.63) is 36.0 Å². The number of hydrogen-bond donors (Lipinski definition) is 1. The van der Waals surface area contributed by atoms with Crippen LogP contribution in [-0.4, -0.2) is 65.5 Å². The van der Waals surface area contributed by atoms with Gasteiger partial charge in [0.25, 0.3) is 5.91 Å². The second-order valence-corrected chi connectivity index (χ2v) is 6.75. The van der Waals surface area contributed by atoms with Crippen LogP contribution >= 0.6 is 0 Å². The van der Waals surface area contributed by atoms with E-state index in [1.165, 1.54) is 0 Å². The second-order valence-electron chi connectivity index (χ2n) is 6.75.